The summed E-state index contributed by atoms with van der Waals surface area (Å²) in [6.07, 6.45) is 0.446. The Balaban J connectivity index is 2.23. The van der Waals surface area contributed by atoms with Crippen LogP contribution in [0.1, 0.15) is 11.1 Å². The predicted octanol–water partition coefficient (Wildman–Crippen LogP) is 5.79. The Morgan fingerprint density at radius 1 is 0.704 bits per heavy atom. The number of hydrogen-bond donors (Lipinski definition) is 0. The summed E-state index contributed by atoms with van der Waals surface area (Å²) in [6, 6.07) is 14.5. The van der Waals surface area contributed by atoms with Crippen LogP contribution in [-0.2, 0) is 22.7 Å². The third-order valence-corrected chi connectivity index (χ3v) is 12.0. The molecular weight excluding hydrogens is 632 g/mol. The largest absolute Gasteiger partial charge is 0.497 e. The van der Waals surface area contributed by atoms with Crippen molar-refractivity contribution in [2.45, 2.75) is 18.0 Å². The van der Waals surface area contributed by atoms with E-state index in [1.165, 1.54) is 0 Å². The maximum absolute atomic E-state index is 13.3. The summed E-state index contributed by atoms with van der Waals surface area (Å²) < 4.78 is 34.1. The molecule has 148 valence electrons. The average molecular weight is 650 g/mol. The molecule has 0 radical (unpaired) electrons. The Labute approximate surface area is 193 Å². The van der Waals surface area contributed by atoms with Gasteiger partial charge >= 0.3 is 0 Å². The standard InChI is InChI=1S/C18H18Br4O4S/c1-25-15-7-3-13(4-8-15)11-17(19,20)27(23,24)18(21,22)12-14-5-9-16(26-2)10-6-14/h3-10H,11-12H2,1-2H3. The van der Waals surface area contributed by atoms with E-state index in [1.807, 2.05) is 24.3 Å². The van der Waals surface area contributed by atoms with Gasteiger partial charge in [0.05, 0.1) is 14.2 Å². The molecule has 0 amide bonds. The first-order valence-corrected chi connectivity index (χ1v) is 12.4. The lowest BCUT2D eigenvalue weighted by molar-refractivity contribution is 0.414. The van der Waals surface area contributed by atoms with Gasteiger partial charge in [-0.25, -0.2) is 8.42 Å². The minimum atomic E-state index is -3.76. The monoisotopic (exact) mass is 646 g/mol. The van der Waals surface area contributed by atoms with Crippen LogP contribution in [0, 0.1) is 0 Å². The summed E-state index contributed by atoms with van der Waals surface area (Å²) in [6.45, 7) is 0. The van der Waals surface area contributed by atoms with Crippen LogP contribution in [0.3, 0.4) is 0 Å². The smallest absolute Gasteiger partial charge is 0.202 e. The zero-order chi connectivity index (χ0) is 20.3. The van der Waals surface area contributed by atoms with Gasteiger partial charge in [-0.1, -0.05) is 88.0 Å². The molecule has 0 aliphatic heterocycles. The third kappa shape index (κ3) is 5.50. The quantitative estimate of drug-likeness (QED) is 0.340. The van der Waals surface area contributed by atoms with Crippen LogP contribution < -0.4 is 9.47 Å². The third-order valence-electron chi connectivity index (χ3n) is 3.92. The van der Waals surface area contributed by atoms with Crippen LogP contribution >= 0.6 is 63.7 Å². The minimum absolute atomic E-state index is 0.223. The van der Waals surface area contributed by atoms with Crippen molar-refractivity contribution in [2.75, 3.05) is 14.2 Å². The summed E-state index contributed by atoms with van der Waals surface area (Å²) >= 11 is 13.5. The van der Waals surface area contributed by atoms with Crippen LogP contribution in [0.4, 0.5) is 0 Å². The number of halogens is 4. The molecule has 27 heavy (non-hydrogen) atoms. The average Bonchev–Trinajstić information content (AvgIpc) is 2.62. The summed E-state index contributed by atoms with van der Waals surface area (Å²) in [5, 5.41) is 0. The second kappa shape index (κ2) is 9.15. The van der Waals surface area contributed by atoms with E-state index in [2.05, 4.69) is 63.7 Å². The van der Waals surface area contributed by atoms with Gasteiger partial charge in [0.1, 0.15) is 11.5 Å². The molecule has 0 N–H and O–H groups in total. The van der Waals surface area contributed by atoms with Gasteiger partial charge in [-0.2, -0.15) is 0 Å². The SMILES string of the molecule is COc1ccc(CC(Br)(Br)S(=O)(=O)C(Br)(Br)Cc2ccc(OC)cc2)cc1. The van der Waals surface area contributed by atoms with Gasteiger partial charge in [0.25, 0.3) is 0 Å². The molecule has 0 unspecified atom stereocenters. The van der Waals surface area contributed by atoms with Crippen molar-refractivity contribution in [3.8, 4) is 11.5 Å². The number of methoxy groups -OCH3 is 2. The van der Waals surface area contributed by atoms with Gasteiger partial charge in [-0.15, -0.1) is 0 Å². The van der Waals surface area contributed by atoms with Crippen LogP contribution in [-0.4, -0.2) is 27.8 Å². The number of alkyl halides is 4. The number of ether oxygens (including phenoxy) is 2. The van der Waals surface area contributed by atoms with Crippen molar-refractivity contribution in [1.29, 1.82) is 0 Å². The number of benzene rings is 2. The van der Waals surface area contributed by atoms with Gasteiger partial charge in [-0.05, 0) is 35.4 Å². The molecule has 0 heterocycles. The molecular formula is C18H18Br4O4S. The lowest BCUT2D eigenvalue weighted by Crippen LogP contribution is -2.40. The van der Waals surface area contributed by atoms with E-state index in [1.54, 1.807) is 38.5 Å². The van der Waals surface area contributed by atoms with Gasteiger partial charge in [-0.3, -0.25) is 0 Å². The van der Waals surface area contributed by atoms with Crippen LogP contribution in [0.5, 0.6) is 11.5 Å². The summed E-state index contributed by atoms with van der Waals surface area (Å²) in [5.41, 5.74) is 1.68. The predicted molar refractivity (Wildman–Crippen MR) is 123 cm³/mol. The van der Waals surface area contributed by atoms with Crippen molar-refractivity contribution in [3.05, 3.63) is 59.7 Å². The lowest BCUT2D eigenvalue weighted by atomic mass is 10.2. The van der Waals surface area contributed by atoms with Gasteiger partial charge in [0.2, 0.25) is 9.84 Å². The van der Waals surface area contributed by atoms with E-state index >= 15 is 0 Å². The van der Waals surface area contributed by atoms with Crippen LogP contribution in [0.25, 0.3) is 0 Å². The van der Waals surface area contributed by atoms with E-state index in [-0.39, 0.29) is 12.8 Å². The molecule has 0 fully saturated rings. The molecule has 2 rings (SSSR count). The molecule has 0 saturated heterocycles. The fourth-order valence-corrected chi connectivity index (χ4v) is 10.7. The number of rotatable bonds is 8. The van der Waals surface area contributed by atoms with Crippen LogP contribution in [0.2, 0.25) is 0 Å². The van der Waals surface area contributed by atoms with Crippen molar-refractivity contribution >= 4 is 73.6 Å². The number of sulfone groups is 1. The first-order valence-electron chi connectivity index (χ1n) is 7.78. The fraction of sp³-hybridized carbons (Fsp3) is 0.333. The molecule has 0 aliphatic carbocycles. The molecule has 0 aromatic heterocycles. The zero-order valence-corrected chi connectivity index (χ0v) is 21.7. The molecule has 0 aliphatic rings. The molecule has 0 bridgehead atoms. The molecule has 0 spiro atoms. The summed E-state index contributed by atoms with van der Waals surface area (Å²) in [5.74, 6) is 1.43. The molecule has 9 heteroatoms. The lowest BCUT2D eigenvalue weighted by Gasteiger charge is -2.30. The van der Waals surface area contributed by atoms with E-state index in [0.29, 0.717) is 11.5 Å². The van der Waals surface area contributed by atoms with Crippen molar-refractivity contribution in [3.63, 3.8) is 0 Å². The normalized spacial score (nSPS) is 12.7. The van der Waals surface area contributed by atoms with Gasteiger partial charge in [0.15, 0.2) is 5.13 Å². The van der Waals surface area contributed by atoms with Crippen LogP contribution in [0.15, 0.2) is 48.5 Å². The highest BCUT2D eigenvalue weighted by Crippen LogP contribution is 2.49. The van der Waals surface area contributed by atoms with E-state index in [4.69, 9.17) is 9.47 Å². The molecule has 2 aromatic rings. The summed E-state index contributed by atoms with van der Waals surface area (Å²) in [7, 11) is -0.591. The van der Waals surface area contributed by atoms with E-state index in [0.717, 1.165) is 11.1 Å². The number of hydrogen-bond acceptors (Lipinski definition) is 4. The molecule has 2 aromatic carbocycles. The maximum atomic E-state index is 13.3. The van der Waals surface area contributed by atoms with Crippen molar-refractivity contribution < 1.29 is 17.9 Å². The Kier molecular flexibility index (Phi) is 7.86. The van der Waals surface area contributed by atoms with E-state index < -0.39 is 15.0 Å². The van der Waals surface area contributed by atoms with Crippen molar-refractivity contribution in [1.82, 2.24) is 0 Å². The maximum Gasteiger partial charge on any atom is 0.202 e. The Bertz CT molecular complexity index is 796. The highest BCUT2D eigenvalue weighted by molar-refractivity contribution is 9.31. The summed E-state index contributed by atoms with van der Waals surface area (Å²) in [4.78, 5) is 0. The Morgan fingerprint density at radius 3 is 1.26 bits per heavy atom. The molecule has 0 saturated carbocycles. The minimum Gasteiger partial charge on any atom is -0.497 e. The van der Waals surface area contributed by atoms with Gasteiger partial charge < -0.3 is 9.47 Å². The van der Waals surface area contributed by atoms with Crippen molar-refractivity contribution in [2.24, 2.45) is 0 Å². The second-order valence-electron chi connectivity index (χ2n) is 5.83. The van der Waals surface area contributed by atoms with Gasteiger partial charge in [0, 0.05) is 12.8 Å². The highest BCUT2D eigenvalue weighted by atomic mass is 79.9. The molecule has 0 atom stereocenters. The Morgan fingerprint density at radius 2 is 1.00 bits per heavy atom. The Hall–Kier alpha value is -0.0900. The first-order chi connectivity index (χ1) is 12.5. The topological polar surface area (TPSA) is 52.6 Å². The first kappa shape index (κ1) is 23.2. The highest BCUT2D eigenvalue weighted by Gasteiger charge is 2.51. The zero-order valence-electron chi connectivity index (χ0n) is 14.6. The second-order valence-corrected chi connectivity index (χ2v) is 17.9. The van der Waals surface area contributed by atoms with E-state index in [9.17, 15) is 8.42 Å². The fourth-order valence-electron chi connectivity index (χ4n) is 2.37. The molecule has 4 nitrogen and oxygen atoms in total.